The third-order valence-corrected chi connectivity index (χ3v) is 5.38. The van der Waals surface area contributed by atoms with E-state index in [4.69, 9.17) is 9.52 Å². The first-order valence-corrected chi connectivity index (χ1v) is 9.34. The number of aromatic carboxylic acids is 1. The normalized spacial score (nSPS) is 17.0. The first-order valence-electron chi connectivity index (χ1n) is 8.53. The quantitative estimate of drug-likeness (QED) is 0.745. The first kappa shape index (κ1) is 19.0. The van der Waals surface area contributed by atoms with Gasteiger partial charge in [-0.2, -0.15) is 0 Å². The smallest absolute Gasteiger partial charge is 0.335 e. The minimum Gasteiger partial charge on any atom is -0.478 e. The number of benzene rings is 1. The number of aryl methyl sites for hydroxylation is 1. The summed E-state index contributed by atoms with van der Waals surface area (Å²) < 4.78 is 5.80. The highest BCUT2D eigenvalue weighted by Gasteiger charge is 2.37. The molecule has 1 aromatic carbocycles. The lowest BCUT2D eigenvalue weighted by Crippen LogP contribution is -2.36. The monoisotopic (exact) mass is 385 g/mol. The van der Waals surface area contributed by atoms with Crippen molar-refractivity contribution in [1.82, 2.24) is 4.90 Å². The van der Waals surface area contributed by atoms with Crippen molar-refractivity contribution in [2.24, 2.45) is 0 Å². The van der Waals surface area contributed by atoms with Crippen LogP contribution >= 0.6 is 11.8 Å². The maximum absolute atomic E-state index is 12.5. The zero-order chi connectivity index (χ0) is 19.7. The number of carboxylic acids is 1. The van der Waals surface area contributed by atoms with Gasteiger partial charge in [-0.25, -0.2) is 4.79 Å². The van der Waals surface area contributed by atoms with Gasteiger partial charge in [0, 0.05) is 17.7 Å². The topological polar surface area (TPSA) is 87.8 Å². The molecule has 3 rings (SSSR count). The fraction of sp³-hybridized carbons (Fsp3) is 0.250. The van der Waals surface area contributed by atoms with E-state index in [0.717, 1.165) is 22.9 Å². The largest absolute Gasteiger partial charge is 0.478 e. The van der Waals surface area contributed by atoms with Gasteiger partial charge in [0.15, 0.2) is 0 Å². The summed E-state index contributed by atoms with van der Waals surface area (Å²) >= 11 is 0.907. The molecule has 27 heavy (non-hydrogen) atoms. The number of furan rings is 1. The van der Waals surface area contributed by atoms with Gasteiger partial charge in [0.1, 0.15) is 11.5 Å². The molecule has 1 aromatic heterocycles. The van der Waals surface area contributed by atoms with Crippen LogP contribution in [0.3, 0.4) is 0 Å². The first-order chi connectivity index (χ1) is 12.8. The van der Waals surface area contributed by atoms with Gasteiger partial charge in [-0.1, -0.05) is 13.0 Å². The Morgan fingerprint density at radius 2 is 2.04 bits per heavy atom. The molecule has 1 aliphatic rings. The van der Waals surface area contributed by atoms with E-state index in [2.05, 4.69) is 0 Å². The Kier molecular flexibility index (Phi) is 5.23. The second kappa shape index (κ2) is 7.44. The van der Waals surface area contributed by atoms with Gasteiger partial charge >= 0.3 is 5.97 Å². The summed E-state index contributed by atoms with van der Waals surface area (Å²) in [4.78, 5) is 37.2. The van der Waals surface area contributed by atoms with Gasteiger partial charge < -0.3 is 9.52 Å². The second-order valence-corrected chi connectivity index (χ2v) is 7.34. The molecular formula is C20H19NO5S. The van der Waals surface area contributed by atoms with E-state index in [0.29, 0.717) is 22.8 Å². The third kappa shape index (κ3) is 3.68. The van der Waals surface area contributed by atoms with Gasteiger partial charge in [-0.15, -0.1) is 0 Å². The van der Waals surface area contributed by atoms with Crippen molar-refractivity contribution in [1.29, 1.82) is 0 Å². The summed E-state index contributed by atoms with van der Waals surface area (Å²) in [6, 6.07) is 8.12. The van der Waals surface area contributed by atoms with Crippen LogP contribution in [0.25, 0.3) is 17.4 Å². The standard InChI is InChI=1S/C20H19NO5S/c1-4-12(3)21-18(22)17(27-20(21)25)10-14-6-8-16(26-14)15-7-5-13(19(23)24)9-11(15)2/h5-10,12H,4H2,1-3H3,(H,23,24)/b17-10+/t12-/m0/s1. The molecule has 0 saturated carbocycles. The fourth-order valence-electron chi connectivity index (χ4n) is 2.82. The molecule has 1 saturated heterocycles. The molecule has 0 spiro atoms. The Morgan fingerprint density at radius 3 is 2.67 bits per heavy atom. The van der Waals surface area contributed by atoms with E-state index >= 15 is 0 Å². The molecule has 140 valence electrons. The minimum atomic E-state index is -0.984. The van der Waals surface area contributed by atoms with Crippen LogP contribution in [0, 0.1) is 6.92 Å². The summed E-state index contributed by atoms with van der Waals surface area (Å²) in [6.07, 6.45) is 2.26. The molecule has 2 aromatic rings. The van der Waals surface area contributed by atoms with Crippen LogP contribution in [0.4, 0.5) is 4.79 Å². The number of thioether (sulfide) groups is 1. The summed E-state index contributed by atoms with van der Waals surface area (Å²) in [7, 11) is 0. The Bertz CT molecular complexity index is 959. The lowest BCUT2D eigenvalue weighted by molar-refractivity contribution is -0.124. The molecule has 1 N–H and O–H groups in total. The van der Waals surface area contributed by atoms with Crippen LogP contribution in [0.5, 0.6) is 0 Å². The summed E-state index contributed by atoms with van der Waals surface area (Å²) in [5, 5.41) is 8.79. The molecule has 7 heteroatoms. The van der Waals surface area contributed by atoms with Crippen molar-refractivity contribution in [3.63, 3.8) is 0 Å². The van der Waals surface area contributed by atoms with E-state index < -0.39 is 5.97 Å². The Morgan fingerprint density at radius 1 is 1.30 bits per heavy atom. The van der Waals surface area contributed by atoms with Gasteiger partial charge in [0.25, 0.3) is 11.1 Å². The van der Waals surface area contributed by atoms with Gasteiger partial charge in [-0.3, -0.25) is 14.5 Å². The molecule has 0 unspecified atom stereocenters. The highest BCUT2D eigenvalue weighted by Crippen LogP contribution is 2.35. The van der Waals surface area contributed by atoms with Crippen LogP contribution in [0.2, 0.25) is 0 Å². The third-order valence-electron chi connectivity index (χ3n) is 4.49. The lowest BCUT2D eigenvalue weighted by atomic mass is 10.0. The van der Waals surface area contributed by atoms with E-state index in [1.807, 2.05) is 20.8 Å². The number of carbonyl (C=O) groups excluding carboxylic acids is 2. The van der Waals surface area contributed by atoms with Crippen LogP contribution in [0.1, 0.15) is 41.9 Å². The molecule has 0 bridgehead atoms. The predicted octanol–water partition coefficient (Wildman–Crippen LogP) is 4.79. The van der Waals surface area contributed by atoms with Crippen LogP contribution < -0.4 is 0 Å². The zero-order valence-corrected chi connectivity index (χ0v) is 16.0. The Labute approximate surface area is 160 Å². The number of nitrogens with zero attached hydrogens (tertiary/aromatic N) is 1. The maximum Gasteiger partial charge on any atom is 0.335 e. The Balaban J connectivity index is 1.87. The average Bonchev–Trinajstić information content (AvgIpc) is 3.19. The molecule has 6 nitrogen and oxygen atoms in total. The van der Waals surface area contributed by atoms with E-state index in [9.17, 15) is 14.4 Å². The van der Waals surface area contributed by atoms with Crippen LogP contribution in [-0.4, -0.2) is 33.2 Å². The summed E-state index contributed by atoms with van der Waals surface area (Å²) in [5.74, 6) is -0.265. The highest BCUT2D eigenvalue weighted by molar-refractivity contribution is 8.18. The second-order valence-electron chi connectivity index (χ2n) is 6.35. The van der Waals surface area contributed by atoms with Crippen molar-refractivity contribution >= 4 is 35.0 Å². The Hall–Kier alpha value is -2.80. The molecule has 0 aliphatic carbocycles. The number of carboxylic acid groups (broad SMARTS) is 1. The number of rotatable bonds is 5. The predicted molar refractivity (Wildman–Crippen MR) is 103 cm³/mol. The number of amides is 2. The molecule has 1 atom stereocenters. The summed E-state index contributed by atoms with van der Waals surface area (Å²) in [5.41, 5.74) is 1.75. The molecule has 0 radical (unpaired) electrons. The maximum atomic E-state index is 12.5. The number of hydrogen-bond acceptors (Lipinski definition) is 5. The summed E-state index contributed by atoms with van der Waals surface area (Å²) in [6.45, 7) is 5.57. The number of hydrogen-bond donors (Lipinski definition) is 1. The van der Waals surface area contributed by atoms with Gasteiger partial charge in [-0.05, 0) is 61.9 Å². The molecule has 2 heterocycles. The van der Waals surface area contributed by atoms with Crippen molar-refractivity contribution in [2.45, 2.75) is 33.2 Å². The van der Waals surface area contributed by atoms with Gasteiger partial charge in [0.2, 0.25) is 0 Å². The fourth-order valence-corrected chi connectivity index (χ4v) is 3.73. The average molecular weight is 385 g/mol. The van der Waals surface area contributed by atoms with Crippen molar-refractivity contribution in [2.75, 3.05) is 0 Å². The minimum absolute atomic E-state index is 0.147. The van der Waals surface area contributed by atoms with Crippen molar-refractivity contribution in [3.05, 3.63) is 52.1 Å². The van der Waals surface area contributed by atoms with E-state index in [1.54, 1.807) is 30.3 Å². The molecule has 1 aliphatic heterocycles. The zero-order valence-electron chi connectivity index (χ0n) is 15.2. The van der Waals surface area contributed by atoms with Crippen molar-refractivity contribution in [3.8, 4) is 11.3 Å². The molecule has 2 amide bonds. The molecule has 1 fully saturated rings. The van der Waals surface area contributed by atoms with Crippen molar-refractivity contribution < 1.29 is 23.9 Å². The SMILES string of the molecule is CC[C@H](C)N1C(=O)S/C(=C/c2ccc(-c3ccc(C(=O)O)cc3C)o2)C1=O. The van der Waals surface area contributed by atoms with Gasteiger partial charge in [0.05, 0.1) is 10.5 Å². The number of imide groups is 1. The van der Waals surface area contributed by atoms with Crippen LogP contribution in [0.15, 0.2) is 39.7 Å². The number of carbonyl (C=O) groups is 3. The van der Waals surface area contributed by atoms with E-state index in [-0.39, 0.29) is 22.8 Å². The molecular weight excluding hydrogens is 366 g/mol. The van der Waals surface area contributed by atoms with Crippen LogP contribution in [-0.2, 0) is 4.79 Å². The lowest BCUT2D eigenvalue weighted by Gasteiger charge is -2.19. The highest BCUT2D eigenvalue weighted by atomic mass is 32.2. The van der Waals surface area contributed by atoms with E-state index in [1.165, 1.54) is 11.0 Å².